The van der Waals surface area contributed by atoms with Crippen LogP contribution in [0.25, 0.3) is 0 Å². The first-order chi connectivity index (χ1) is 15.6. The maximum atomic E-state index is 13.2. The number of amides is 2. The number of benzene rings is 2. The third-order valence-electron chi connectivity index (χ3n) is 6.02. The summed E-state index contributed by atoms with van der Waals surface area (Å²) in [5.41, 5.74) is 1.12. The molecule has 0 aliphatic heterocycles. The van der Waals surface area contributed by atoms with Crippen LogP contribution in [0.5, 0.6) is 11.5 Å². The van der Waals surface area contributed by atoms with Gasteiger partial charge in [-0.2, -0.15) is 0 Å². The molecule has 1 fully saturated rings. The molecule has 0 unspecified atom stereocenters. The summed E-state index contributed by atoms with van der Waals surface area (Å²) in [7, 11) is 1.56. The molecule has 0 spiro atoms. The molecule has 0 saturated heterocycles. The Balaban J connectivity index is 1.66. The van der Waals surface area contributed by atoms with Gasteiger partial charge >= 0.3 is 0 Å². The van der Waals surface area contributed by atoms with Gasteiger partial charge in [0.2, 0.25) is 5.91 Å². The molecule has 32 heavy (non-hydrogen) atoms. The zero-order chi connectivity index (χ0) is 22.8. The van der Waals surface area contributed by atoms with Gasteiger partial charge < -0.3 is 19.7 Å². The van der Waals surface area contributed by atoms with Crippen LogP contribution in [0.4, 0.5) is 0 Å². The topological polar surface area (TPSA) is 67.9 Å². The largest absolute Gasteiger partial charge is 0.493 e. The summed E-state index contributed by atoms with van der Waals surface area (Å²) in [6.45, 7) is 2.08. The van der Waals surface area contributed by atoms with Gasteiger partial charge in [-0.1, -0.05) is 61.7 Å². The van der Waals surface area contributed by atoms with Crippen molar-refractivity contribution in [3.05, 3.63) is 60.2 Å². The van der Waals surface area contributed by atoms with Gasteiger partial charge in [0.15, 0.2) is 18.1 Å². The molecule has 1 aliphatic carbocycles. The first kappa shape index (κ1) is 23.6. The van der Waals surface area contributed by atoms with Crippen LogP contribution in [0, 0.1) is 0 Å². The second-order valence-corrected chi connectivity index (χ2v) is 8.28. The van der Waals surface area contributed by atoms with Crippen LogP contribution in [0.1, 0.15) is 44.6 Å². The van der Waals surface area contributed by atoms with Crippen molar-refractivity contribution in [3.63, 3.8) is 0 Å². The predicted molar refractivity (Wildman–Crippen MR) is 125 cm³/mol. The lowest BCUT2D eigenvalue weighted by Gasteiger charge is -2.31. The lowest BCUT2D eigenvalue weighted by Crippen LogP contribution is -2.52. The molecule has 2 aromatic carbocycles. The first-order valence-corrected chi connectivity index (χ1v) is 11.5. The Bertz CT molecular complexity index is 865. The number of methoxy groups -OCH3 is 1. The van der Waals surface area contributed by atoms with Crippen LogP contribution in [-0.4, -0.2) is 49.1 Å². The Morgan fingerprint density at radius 1 is 1.00 bits per heavy atom. The number of carbonyl (C=O) groups excluding carboxylic acids is 2. The smallest absolute Gasteiger partial charge is 0.261 e. The molecule has 6 nitrogen and oxygen atoms in total. The van der Waals surface area contributed by atoms with Crippen molar-refractivity contribution in [2.24, 2.45) is 0 Å². The molecule has 172 valence electrons. The average molecular weight is 439 g/mol. The van der Waals surface area contributed by atoms with Crippen LogP contribution in [0.2, 0.25) is 0 Å². The SMILES string of the molecule is COc1ccccc1OCC(=O)N(CCc1ccccc1)[C@@H](C)C(=O)NC1CCCCC1. The highest BCUT2D eigenvalue weighted by Crippen LogP contribution is 2.25. The molecule has 3 rings (SSSR count). The molecule has 6 heteroatoms. The minimum Gasteiger partial charge on any atom is -0.493 e. The standard InChI is InChI=1S/C26H34N2O4/c1-20(26(30)27-22-13-7-4-8-14-22)28(18-17-21-11-5-3-6-12-21)25(29)19-32-24-16-10-9-15-23(24)31-2/h3,5-6,9-12,15-16,20,22H,4,7-8,13-14,17-19H2,1-2H3,(H,27,30)/t20-/m0/s1. The van der Waals surface area contributed by atoms with Gasteiger partial charge in [-0.25, -0.2) is 0 Å². The normalized spacial score (nSPS) is 14.9. The van der Waals surface area contributed by atoms with E-state index >= 15 is 0 Å². The third-order valence-corrected chi connectivity index (χ3v) is 6.02. The summed E-state index contributed by atoms with van der Waals surface area (Å²) in [5, 5.41) is 3.15. The fourth-order valence-corrected chi connectivity index (χ4v) is 4.10. The van der Waals surface area contributed by atoms with Crippen molar-refractivity contribution < 1.29 is 19.1 Å². The van der Waals surface area contributed by atoms with Crippen LogP contribution in [-0.2, 0) is 16.0 Å². The minimum absolute atomic E-state index is 0.101. The number of hydrogen-bond donors (Lipinski definition) is 1. The van der Waals surface area contributed by atoms with Crippen molar-refractivity contribution >= 4 is 11.8 Å². The zero-order valence-corrected chi connectivity index (χ0v) is 19.1. The van der Waals surface area contributed by atoms with Gasteiger partial charge in [0.1, 0.15) is 6.04 Å². The van der Waals surface area contributed by atoms with E-state index in [0.29, 0.717) is 24.5 Å². The molecule has 2 aromatic rings. The Labute approximate surface area is 190 Å². The highest BCUT2D eigenvalue weighted by molar-refractivity contribution is 5.88. The molecule has 0 heterocycles. The molecule has 1 saturated carbocycles. The van der Waals surface area contributed by atoms with E-state index in [2.05, 4.69) is 5.32 Å². The maximum Gasteiger partial charge on any atom is 0.261 e. The minimum atomic E-state index is -0.575. The van der Waals surface area contributed by atoms with E-state index in [0.717, 1.165) is 31.2 Å². The maximum absolute atomic E-state index is 13.2. The van der Waals surface area contributed by atoms with Gasteiger partial charge in [-0.3, -0.25) is 9.59 Å². The number of nitrogens with zero attached hydrogens (tertiary/aromatic N) is 1. The second kappa shape index (κ2) is 12.1. The summed E-state index contributed by atoms with van der Waals surface area (Å²) in [6, 6.07) is 16.8. The number of carbonyl (C=O) groups is 2. The van der Waals surface area contributed by atoms with E-state index in [-0.39, 0.29) is 24.5 Å². The van der Waals surface area contributed by atoms with E-state index in [9.17, 15) is 9.59 Å². The molecular weight excluding hydrogens is 404 g/mol. The second-order valence-electron chi connectivity index (χ2n) is 8.28. The van der Waals surface area contributed by atoms with Crippen molar-refractivity contribution in [3.8, 4) is 11.5 Å². The first-order valence-electron chi connectivity index (χ1n) is 11.5. The molecule has 2 amide bonds. The highest BCUT2D eigenvalue weighted by atomic mass is 16.5. The predicted octanol–water partition coefficient (Wildman–Crippen LogP) is 3.98. The fraction of sp³-hybridized carbons (Fsp3) is 0.462. The van der Waals surface area contributed by atoms with Gasteiger partial charge in [0.05, 0.1) is 7.11 Å². The Morgan fingerprint density at radius 2 is 1.66 bits per heavy atom. The summed E-state index contributed by atoms with van der Waals surface area (Å²) in [5.74, 6) is 0.749. The summed E-state index contributed by atoms with van der Waals surface area (Å²) in [4.78, 5) is 27.8. The zero-order valence-electron chi connectivity index (χ0n) is 19.1. The lowest BCUT2D eigenvalue weighted by atomic mass is 9.95. The Morgan fingerprint density at radius 3 is 2.34 bits per heavy atom. The van der Waals surface area contributed by atoms with E-state index in [1.165, 1.54) is 6.42 Å². The van der Waals surface area contributed by atoms with Gasteiger partial charge in [-0.15, -0.1) is 0 Å². The van der Waals surface area contributed by atoms with Gasteiger partial charge in [0.25, 0.3) is 5.91 Å². The number of hydrogen-bond acceptors (Lipinski definition) is 4. The van der Waals surface area contributed by atoms with E-state index in [1.807, 2.05) is 42.5 Å². The Kier molecular flexibility index (Phi) is 8.96. The van der Waals surface area contributed by atoms with E-state index in [4.69, 9.17) is 9.47 Å². The average Bonchev–Trinajstić information content (AvgIpc) is 2.84. The van der Waals surface area contributed by atoms with Crippen LogP contribution in [0.3, 0.4) is 0 Å². The number of rotatable bonds is 10. The molecular formula is C26H34N2O4. The number of ether oxygens (including phenoxy) is 2. The summed E-state index contributed by atoms with van der Waals surface area (Å²) >= 11 is 0. The molecule has 1 N–H and O–H groups in total. The highest BCUT2D eigenvalue weighted by Gasteiger charge is 2.28. The molecule has 1 atom stereocenters. The van der Waals surface area contributed by atoms with E-state index < -0.39 is 6.04 Å². The van der Waals surface area contributed by atoms with Crippen molar-refractivity contribution in [1.29, 1.82) is 0 Å². The van der Waals surface area contributed by atoms with Crippen molar-refractivity contribution in [1.82, 2.24) is 10.2 Å². The summed E-state index contributed by atoms with van der Waals surface area (Å²) < 4.78 is 11.1. The number of para-hydroxylation sites is 2. The Hall–Kier alpha value is -3.02. The van der Waals surface area contributed by atoms with Crippen LogP contribution in [0.15, 0.2) is 54.6 Å². The van der Waals surface area contributed by atoms with Crippen LogP contribution >= 0.6 is 0 Å². The summed E-state index contributed by atoms with van der Waals surface area (Å²) in [6.07, 6.45) is 6.19. The fourth-order valence-electron chi connectivity index (χ4n) is 4.10. The molecule has 0 aromatic heterocycles. The van der Waals surface area contributed by atoms with Crippen molar-refractivity contribution in [2.75, 3.05) is 20.3 Å². The third kappa shape index (κ3) is 6.74. The van der Waals surface area contributed by atoms with Gasteiger partial charge in [-0.05, 0) is 43.9 Å². The molecule has 0 bridgehead atoms. The van der Waals surface area contributed by atoms with Gasteiger partial charge in [0, 0.05) is 12.6 Å². The monoisotopic (exact) mass is 438 g/mol. The quantitative estimate of drug-likeness (QED) is 0.609. The van der Waals surface area contributed by atoms with Crippen molar-refractivity contribution in [2.45, 2.75) is 57.5 Å². The van der Waals surface area contributed by atoms with Crippen LogP contribution < -0.4 is 14.8 Å². The molecule has 1 aliphatic rings. The lowest BCUT2D eigenvalue weighted by molar-refractivity contribution is -0.141. The number of nitrogens with one attached hydrogen (secondary N) is 1. The van der Waals surface area contributed by atoms with E-state index in [1.54, 1.807) is 31.1 Å². The molecule has 0 radical (unpaired) electrons.